The third-order valence-corrected chi connectivity index (χ3v) is 3.94. The van der Waals surface area contributed by atoms with E-state index in [0.29, 0.717) is 11.1 Å². The van der Waals surface area contributed by atoms with Crippen LogP contribution in [-0.2, 0) is 11.3 Å². The molecule has 0 aliphatic heterocycles. The zero-order valence-electron chi connectivity index (χ0n) is 14.7. The van der Waals surface area contributed by atoms with Crippen LogP contribution in [0.25, 0.3) is 0 Å². The van der Waals surface area contributed by atoms with Gasteiger partial charge in [-0.05, 0) is 31.5 Å². The number of nitrogens with one attached hydrogen (secondary N) is 1. The van der Waals surface area contributed by atoms with Crippen molar-refractivity contribution < 1.29 is 23.1 Å². The SMILES string of the molecule is Cc1ccc(C)c(C(=O)CCC(=O)NCc2ccccc2OC(F)F)c1. The molecule has 0 saturated carbocycles. The number of para-hydroxylation sites is 1. The summed E-state index contributed by atoms with van der Waals surface area (Å²) in [6.45, 7) is 0.885. The Balaban J connectivity index is 1.88. The van der Waals surface area contributed by atoms with Crippen molar-refractivity contribution in [1.82, 2.24) is 5.32 Å². The maximum absolute atomic E-state index is 12.4. The Morgan fingerprint density at radius 1 is 1.08 bits per heavy atom. The maximum Gasteiger partial charge on any atom is 0.387 e. The molecular formula is C20H21F2NO3. The fourth-order valence-electron chi connectivity index (χ4n) is 2.54. The average molecular weight is 361 g/mol. The van der Waals surface area contributed by atoms with Gasteiger partial charge in [0.25, 0.3) is 0 Å². The number of ether oxygens (including phenoxy) is 1. The van der Waals surface area contributed by atoms with Gasteiger partial charge < -0.3 is 10.1 Å². The molecule has 1 N–H and O–H groups in total. The molecule has 0 aliphatic rings. The Hall–Kier alpha value is -2.76. The molecule has 0 bridgehead atoms. The number of benzene rings is 2. The molecule has 0 aliphatic carbocycles. The molecule has 0 heterocycles. The summed E-state index contributed by atoms with van der Waals surface area (Å²) in [5.74, 6) is -0.396. The molecule has 0 saturated heterocycles. The third-order valence-electron chi connectivity index (χ3n) is 3.94. The van der Waals surface area contributed by atoms with E-state index >= 15 is 0 Å². The molecule has 0 aromatic heterocycles. The topological polar surface area (TPSA) is 55.4 Å². The van der Waals surface area contributed by atoms with Crippen LogP contribution in [0.4, 0.5) is 8.78 Å². The standard InChI is InChI=1S/C20H21F2NO3/c1-13-7-8-14(2)16(11-13)17(24)9-10-19(25)23-12-15-5-3-4-6-18(15)26-20(21)22/h3-8,11,20H,9-10,12H2,1-2H3,(H,23,25). The molecule has 0 radical (unpaired) electrons. The lowest BCUT2D eigenvalue weighted by Crippen LogP contribution is -2.24. The molecule has 4 nitrogen and oxygen atoms in total. The third kappa shape index (κ3) is 5.65. The molecule has 2 aromatic rings. The van der Waals surface area contributed by atoms with Gasteiger partial charge in [-0.15, -0.1) is 0 Å². The number of ketones is 1. The van der Waals surface area contributed by atoms with Crippen molar-refractivity contribution in [2.75, 3.05) is 0 Å². The Bertz CT molecular complexity index is 790. The second-order valence-electron chi connectivity index (χ2n) is 6.00. The van der Waals surface area contributed by atoms with Gasteiger partial charge in [0.15, 0.2) is 5.78 Å². The predicted molar refractivity (Wildman–Crippen MR) is 94.4 cm³/mol. The van der Waals surface area contributed by atoms with Gasteiger partial charge in [-0.2, -0.15) is 8.78 Å². The van der Waals surface area contributed by atoms with Crippen molar-refractivity contribution >= 4 is 11.7 Å². The molecule has 6 heteroatoms. The monoisotopic (exact) mass is 361 g/mol. The van der Waals surface area contributed by atoms with Crippen molar-refractivity contribution in [2.24, 2.45) is 0 Å². The summed E-state index contributed by atoms with van der Waals surface area (Å²) in [6.07, 6.45) is 0.120. The number of alkyl halides is 2. The summed E-state index contributed by atoms with van der Waals surface area (Å²) in [5.41, 5.74) is 2.92. The number of amides is 1. The highest BCUT2D eigenvalue weighted by Gasteiger charge is 2.13. The summed E-state index contributed by atoms with van der Waals surface area (Å²) in [4.78, 5) is 24.3. The molecule has 0 fully saturated rings. The Morgan fingerprint density at radius 3 is 2.54 bits per heavy atom. The number of hydrogen-bond donors (Lipinski definition) is 1. The molecule has 1 amide bonds. The van der Waals surface area contributed by atoms with Crippen LogP contribution in [0.3, 0.4) is 0 Å². The zero-order chi connectivity index (χ0) is 19.1. The van der Waals surface area contributed by atoms with Crippen LogP contribution in [0.5, 0.6) is 5.75 Å². The van der Waals surface area contributed by atoms with E-state index in [1.54, 1.807) is 18.2 Å². The Labute approximate surface area is 151 Å². The molecular weight excluding hydrogens is 340 g/mol. The van der Waals surface area contributed by atoms with Gasteiger partial charge in [-0.25, -0.2) is 0 Å². The first-order valence-corrected chi connectivity index (χ1v) is 8.26. The summed E-state index contributed by atoms with van der Waals surface area (Å²) < 4.78 is 29.2. The van der Waals surface area contributed by atoms with Gasteiger partial charge in [0, 0.05) is 30.5 Å². The van der Waals surface area contributed by atoms with Crippen LogP contribution in [0.15, 0.2) is 42.5 Å². The lowest BCUT2D eigenvalue weighted by Gasteiger charge is -2.11. The van der Waals surface area contributed by atoms with Crippen molar-refractivity contribution in [1.29, 1.82) is 0 Å². The summed E-state index contributed by atoms with van der Waals surface area (Å²) in [7, 11) is 0. The fraction of sp³-hybridized carbons (Fsp3) is 0.300. The quantitative estimate of drug-likeness (QED) is 0.718. The van der Waals surface area contributed by atoms with E-state index in [1.807, 2.05) is 32.0 Å². The molecule has 2 rings (SSSR count). The first kappa shape index (κ1) is 19.6. The van der Waals surface area contributed by atoms with E-state index in [0.717, 1.165) is 11.1 Å². The van der Waals surface area contributed by atoms with E-state index in [1.165, 1.54) is 6.07 Å². The van der Waals surface area contributed by atoms with Crippen molar-refractivity contribution in [2.45, 2.75) is 39.8 Å². The summed E-state index contributed by atoms with van der Waals surface area (Å²) in [6, 6.07) is 11.9. The number of rotatable bonds is 8. The van der Waals surface area contributed by atoms with Crippen LogP contribution in [-0.4, -0.2) is 18.3 Å². The van der Waals surface area contributed by atoms with Crippen LogP contribution in [0.1, 0.15) is 39.9 Å². The lowest BCUT2D eigenvalue weighted by molar-refractivity contribution is -0.121. The van der Waals surface area contributed by atoms with Gasteiger partial charge in [-0.1, -0.05) is 35.9 Å². The Morgan fingerprint density at radius 2 is 1.81 bits per heavy atom. The zero-order valence-corrected chi connectivity index (χ0v) is 14.7. The first-order chi connectivity index (χ1) is 12.4. The van der Waals surface area contributed by atoms with Crippen LogP contribution < -0.4 is 10.1 Å². The summed E-state index contributed by atoms with van der Waals surface area (Å²) in [5, 5.41) is 2.63. The first-order valence-electron chi connectivity index (χ1n) is 8.26. The van der Waals surface area contributed by atoms with Crippen molar-refractivity contribution in [3.63, 3.8) is 0 Å². The molecule has 138 valence electrons. The largest absolute Gasteiger partial charge is 0.434 e. The number of carbonyl (C=O) groups excluding carboxylic acids is 2. The number of aryl methyl sites for hydroxylation is 2. The second kappa shape index (κ2) is 9.08. The number of hydrogen-bond acceptors (Lipinski definition) is 3. The van der Waals surface area contributed by atoms with Gasteiger partial charge in [-0.3, -0.25) is 9.59 Å². The van der Waals surface area contributed by atoms with Gasteiger partial charge in [0.05, 0.1) is 0 Å². The minimum Gasteiger partial charge on any atom is -0.434 e. The minimum absolute atomic E-state index is 0.0225. The lowest BCUT2D eigenvalue weighted by atomic mass is 9.99. The smallest absolute Gasteiger partial charge is 0.387 e. The van der Waals surface area contributed by atoms with E-state index in [-0.39, 0.29) is 36.8 Å². The highest BCUT2D eigenvalue weighted by molar-refractivity contribution is 5.99. The highest BCUT2D eigenvalue weighted by atomic mass is 19.3. The molecule has 26 heavy (non-hydrogen) atoms. The average Bonchev–Trinajstić information content (AvgIpc) is 2.60. The normalized spacial score (nSPS) is 10.7. The van der Waals surface area contributed by atoms with Gasteiger partial charge in [0.2, 0.25) is 5.91 Å². The maximum atomic E-state index is 12.4. The molecule has 2 aromatic carbocycles. The van der Waals surface area contributed by atoms with Crippen molar-refractivity contribution in [3.05, 3.63) is 64.7 Å². The second-order valence-corrected chi connectivity index (χ2v) is 6.00. The van der Waals surface area contributed by atoms with E-state index < -0.39 is 6.61 Å². The van der Waals surface area contributed by atoms with Crippen molar-refractivity contribution in [3.8, 4) is 5.75 Å². The van der Waals surface area contributed by atoms with E-state index in [9.17, 15) is 18.4 Å². The van der Waals surface area contributed by atoms with Gasteiger partial charge >= 0.3 is 6.61 Å². The minimum atomic E-state index is -2.93. The van der Waals surface area contributed by atoms with E-state index in [4.69, 9.17) is 0 Å². The number of halogens is 2. The highest BCUT2D eigenvalue weighted by Crippen LogP contribution is 2.20. The van der Waals surface area contributed by atoms with Crippen LogP contribution in [0, 0.1) is 13.8 Å². The number of carbonyl (C=O) groups is 2. The van der Waals surface area contributed by atoms with Crippen LogP contribution in [0.2, 0.25) is 0 Å². The summed E-state index contributed by atoms with van der Waals surface area (Å²) >= 11 is 0. The fourth-order valence-corrected chi connectivity index (χ4v) is 2.54. The Kier molecular flexibility index (Phi) is 6.83. The molecule has 0 unspecified atom stereocenters. The molecule has 0 atom stereocenters. The predicted octanol–water partition coefficient (Wildman–Crippen LogP) is 4.18. The molecule has 0 spiro atoms. The van der Waals surface area contributed by atoms with E-state index in [2.05, 4.69) is 10.1 Å². The van der Waals surface area contributed by atoms with Gasteiger partial charge in [0.1, 0.15) is 5.75 Å². The van der Waals surface area contributed by atoms with Crippen LogP contribution >= 0.6 is 0 Å². The number of Topliss-reactive ketones (excluding diaryl/α,β-unsaturated/α-hetero) is 1.